The number of aryl methyl sites for hydroxylation is 1. The zero-order chi connectivity index (χ0) is 49.9. The van der Waals surface area contributed by atoms with Crippen molar-refractivity contribution in [1.82, 2.24) is 0 Å². The summed E-state index contributed by atoms with van der Waals surface area (Å²) in [7, 11) is 0.662. The van der Waals surface area contributed by atoms with E-state index in [0.717, 1.165) is 29.7 Å². The number of rotatable bonds is 7. The molecule has 0 saturated heterocycles. The minimum Gasteiger partial charge on any atom is -0.469 e. The first-order valence-corrected chi connectivity index (χ1v) is 30.3. The molecule has 0 aliphatic heterocycles. The number of hydrogen-bond acceptors (Lipinski definition) is 6. The van der Waals surface area contributed by atoms with Crippen LogP contribution in [0.5, 0.6) is 0 Å². The van der Waals surface area contributed by atoms with Crippen molar-refractivity contribution in [1.29, 1.82) is 0 Å². The normalized spacial score (nSPS) is 19.6. The molecule has 0 amide bonds. The van der Waals surface area contributed by atoms with Gasteiger partial charge in [-0.1, -0.05) is 139 Å². The van der Waals surface area contributed by atoms with Crippen molar-refractivity contribution in [2.75, 3.05) is 14.2 Å². The van der Waals surface area contributed by atoms with Crippen molar-refractivity contribution in [3.05, 3.63) is 85.6 Å². The third kappa shape index (κ3) is 19.6. The first kappa shape index (κ1) is 71.1. The maximum Gasteiger partial charge on any atom is 0.308 e. The summed E-state index contributed by atoms with van der Waals surface area (Å²) in [5.74, 6) is 0.757. The molecule has 6 nitrogen and oxygen atoms in total. The Morgan fingerprint density at radius 1 is 0.586 bits per heavy atom. The molecular formula is C59H101Ni2O6P3. The van der Waals surface area contributed by atoms with E-state index in [-0.39, 0.29) is 104 Å². The average Bonchev–Trinajstić information content (AvgIpc) is 3.50. The van der Waals surface area contributed by atoms with Crippen LogP contribution < -0.4 is 0 Å². The van der Waals surface area contributed by atoms with Gasteiger partial charge in [0.25, 0.3) is 0 Å². The summed E-state index contributed by atoms with van der Waals surface area (Å²) in [6.07, 6.45) is 16.5. The molecule has 0 bridgehead atoms. The van der Waals surface area contributed by atoms with Crippen LogP contribution in [0.15, 0.2) is 48.5 Å². The predicted molar refractivity (Wildman–Crippen MR) is 303 cm³/mol. The van der Waals surface area contributed by atoms with Crippen LogP contribution in [0.1, 0.15) is 220 Å². The molecule has 0 N–H and O–H groups in total. The second-order valence-electron chi connectivity index (χ2n) is 24.1. The Morgan fingerprint density at radius 2 is 0.971 bits per heavy atom. The Balaban J connectivity index is 0. The first-order chi connectivity index (χ1) is 30.6. The molecule has 3 unspecified atom stereocenters. The van der Waals surface area contributed by atoms with Crippen LogP contribution in [0.25, 0.3) is 0 Å². The SMILES string of the molecule is CC(C)(C)P(C1C(=O)C([PH+](C(C)(C)C)C(C)(C)C)c2ccccc21)C(C)(C)C.COC(=O)C(C)C.COC(=O)C(C)C.O=C1c2ccccc2CCC1[PH+](C1CCCCC1)C1CCCCC1.[CH3-].[CH3-].[Ni].[Ni]. The van der Waals surface area contributed by atoms with Gasteiger partial charge in [-0.25, -0.2) is 0 Å². The molecule has 0 spiro atoms. The van der Waals surface area contributed by atoms with E-state index in [1.165, 1.54) is 95.1 Å². The molecule has 0 heterocycles. The molecule has 3 atom stereocenters. The van der Waals surface area contributed by atoms with Crippen LogP contribution in [0.4, 0.5) is 0 Å². The Bertz CT molecular complexity index is 1750. The molecule has 2 aromatic carbocycles. The number of carbonyl (C=O) groups excluding carboxylic acids is 4. The molecule has 0 radical (unpaired) electrons. The summed E-state index contributed by atoms with van der Waals surface area (Å²) in [6, 6.07) is 17.2. The van der Waals surface area contributed by atoms with Gasteiger partial charge >= 0.3 is 11.9 Å². The van der Waals surface area contributed by atoms with Crippen LogP contribution in [-0.4, -0.2) is 75.3 Å². The van der Waals surface area contributed by atoms with Crippen molar-refractivity contribution in [2.45, 2.75) is 237 Å². The van der Waals surface area contributed by atoms with Crippen LogP contribution >= 0.6 is 23.8 Å². The fourth-order valence-electron chi connectivity index (χ4n) is 12.0. The smallest absolute Gasteiger partial charge is 0.308 e. The minimum absolute atomic E-state index is 0. The standard InChI is InChI=1S/C25H42OP2.C22H31OP.2C5H10O2.2CH3.2Ni/c1-22(2,3)27(23(4,5)6)20-17-15-13-14-16-18(17)21(19(20)26)28(24(7,8)9)25(10,11)12;23-22-20-14-8-7-9-17(20)15-16-21(22)24(18-10-3-1-4-11-18)19-12-5-2-6-13-19;2*1-4(2)5(6)7-3;;;;/h13-16,20-21H,1-12H3;7-9,14,18-19,21H,1-6,10-13,15-16H2;2*4H,1-3H3;2*1H3;;/q;;;;2*-1;;/p+2. The minimum atomic E-state index is -1.01. The van der Waals surface area contributed by atoms with Crippen molar-refractivity contribution < 1.29 is 61.6 Å². The second-order valence-corrected chi connectivity index (χ2v) is 35.8. The fourth-order valence-corrected chi connectivity index (χ4v) is 26.5. The molecule has 6 rings (SSSR count). The summed E-state index contributed by atoms with van der Waals surface area (Å²) in [4.78, 5) is 48.2. The van der Waals surface area contributed by atoms with Crippen molar-refractivity contribution in [3.63, 3.8) is 0 Å². The predicted octanol–water partition coefficient (Wildman–Crippen LogP) is 16.8. The monoisotopic (exact) mass is 1110 g/mol. The maximum atomic E-state index is 14.3. The Kier molecular flexibility index (Phi) is 31.6. The van der Waals surface area contributed by atoms with E-state index in [1.807, 2.05) is 0 Å². The molecule has 2 fully saturated rings. The zero-order valence-electron chi connectivity index (χ0n) is 47.7. The van der Waals surface area contributed by atoms with Gasteiger partial charge in [-0.3, -0.25) is 19.2 Å². The molecule has 2 saturated carbocycles. The Hall–Kier alpha value is -1.00. The van der Waals surface area contributed by atoms with Gasteiger partial charge in [0, 0.05) is 60.0 Å². The molecular weight excluding hydrogens is 1010 g/mol. The summed E-state index contributed by atoms with van der Waals surface area (Å²) in [5, 5.41) is 0.591. The maximum absolute atomic E-state index is 14.3. The van der Waals surface area contributed by atoms with Gasteiger partial charge in [-0.2, -0.15) is 0 Å². The van der Waals surface area contributed by atoms with E-state index in [0.29, 0.717) is 17.2 Å². The summed E-state index contributed by atoms with van der Waals surface area (Å²) >= 11 is 0. The first-order valence-electron chi connectivity index (χ1n) is 25.5. The summed E-state index contributed by atoms with van der Waals surface area (Å²) < 4.78 is 8.75. The average molecular weight is 1120 g/mol. The molecule has 4 aliphatic carbocycles. The van der Waals surface area contributed by atoms with E-state index in [9.17, 15) is 19.2 Å². The van der Waals surface area contributed by atoms with Crippen LogP contribution in [0, 0.1) is 26.7 Å². The Labute approximate surface area is 454 Å². The van der Waals surface area contributed by atoms with Crippen LogP contribution in [-0.2, 0) is 63.3 Å². The van der Waals surface area contributed by atoms with E-state index in [2.05, 4.69) is 141 Å². The molecule has 70 heavy (non-hydrogen) atoms. The summed E-state index contributed by atoms with van der Waals surface area (Å²) in [6.45, 7) is 35.3. The van der Waals surface area contributed by atoms with Crippen molar-refractivity contribution >= 4 is 47.3 Å². The fraction of sp³-hybridized carbons (Fsp3) is 0.695. The van der Waals surface area contributed by atoms with Gasteiger partial charge in [0.2, 0.25) is 5.78 Å². The van der Waals surface area contributed by atoms with Gasteiger partial charge < -0.3 is 24.3 Å². The van der Waals surface area contributed by atoms with E-state index in [1.54, 1.807) is 27.7 Å². The number of esters is 2. The number of ether oxygens (including phenoxy) is 2. The third-order valence-corrected chi connectivity index (χ3v) is 26.7. The number of fused-ring (bicyclic) bond motifs is 2. The quantitative estimate of drug-likeness (QED) is 0.119. The van der Waals surface area contributed by atoms with Crippen molar-refractivity contribution in [2.24, 2.45) is 11.8 Å². The molecule has 0 aromatic heterocycles. The molecule has 2 aromatic rings. The Morgan fingerprint density at radius 3 is 1.33 bits per heavy atom. The molecule has 408 valence electrons. The second kappa shape index (κ2) is 31.1. The van der Waals surface area contributed by atoms with Gasteiger partial charge in [0.1, 0.15) is 5.66 Å². The van der Waals surface area contributed by atoms with E-state index < -0.39 is 23.8 Å². The van der Waals surface area contributed by atoms with Gasteiger partial charge in [-0.05, 0) is 127 Å². The number of benzene rings is 2. The topological polar surface area (TPSA) is 86.7 Å². The number of carbonyl (C=O) groups is 4. The van der Waals surface area contributed by atoms with Crippen LogP contribution in [0.3, 0.4) is 0 Å². The number of ketones is 2. The number of hydrogen-bond donors (Lipinski definition) is 0. The molecule has 11 heteroatoms. The summed E-state index contributed by atoms with van der Waals surface area (Å²) in [5.41, 5.74) is 7.49. The van der Waals surface area contributed by atoms with Gasteiger partial charge in [0.15, 0.2) is 11.4 Å². The van der Waals surface area contributed by atoms with E-state index >= 15 is 0 Å². The largest absolute Gasteiger partial charge is 0.469 e. The molecule has 4 aliphatic rings. The number of Topliss-reactive ketones (excluding diaryl/α,β-unsaturated/α-hetero) is 2. The van der Waals surface area contributed by atoms with Crippen molar-refractivity contribution in [3.8, 4) is 0 Å². The van der Waals surface area contributed by atoms with Gasteiger partial charge in [0.05, 0.1) is 53.3 Å². The third-order valence-electron chi connectivity index (χ3n) is 14.0. The zero-order valence-corrected chi connectivity index (χ0v) is 52.5. The van der Waals surface area contributed by atoms with Crippen LogP contribution in [0.2, 0.25) is 0 Å². The van der Waals surface area contributed by atoms with E-state index in [4.69, 9.17) is 0 Å². The van der Waals surface area contributed by atoms with Gasteiger partial charge in [-0.15, -0.1) is 0 Å². The number of methoxy groups -OCH3 is 2.